The Bertz CT molecular complexity index is 667. The molecule has 1 heterocycles. The zero-order valence-electron chi connectivity index (χ0n) is 12.0. The summed E-state index contributed by atoms with van der Waals surface area (Å²) in [5, 5.41) is 0. The Hall–Kier alpha value is -1.78. The number of amides is 1. The fourth-order valence-corrected chi connectivity index (χ4v) is 4.21. The molecule has 1 amide bonds. The molecular formula is C17H16F3NO. The fourth-order valence-electron chi connectivity index (χ4n) is 4.21. The Morgan fingerprint density at radius 1 is 1.14 bits per heavy atom. The molecule has 4 aliphatic rings. The lowest BCUT2D eigenvalue weighted by atomic mass is 9.68. The van der Waals surface area contributed by atoms with E-state index in [-0.39, 0.29) is 11.8 Å². The van der Waals surface area contributed by atoms with E-state index in [1.165, 1.54) is 11.6 Å². The number of alkyl halides is 3. The summed E-state index contributed by atoms with van der Waals surface area (Å²) in [6, 6.07) is 5.10. The third kappa shape index (κ3) is 1.98. The Kier molecular flexibility index (Phi) is 2.90. The standard InChI is InChI=1S/C17H16F3NO/c18-17(19,20)12-2-1-3-13(8-12)21-9-14-10-4-6-11(7-5-10)15(14)16(21)22/h1-3,8,10,14H,4-7,9H2. The number of rotatable bonds is 1. The van der Waals surface area contributed by atoms with E-state index >= 15 is 0 Å². The zero-order valence-corrected chi connectivity index (χ0v) is 12.0. The maximum atomic E-state index is 12.9. The van der Waals surface area contributed by atoms with Crippen LogP contribution in [0.4, 0.5) is 18.9 Å². The summed E-state index contributed by atoms with van der Waals surface area (Å²) in [7, 11) is 0. The first-order chi connectivity index (χ1) is 10.4. The number of carbonyl (C=O) groups is 1. The van der Waals surface area contributed by atoms with Crippen molar-refractivity contribution in [3.63, 3.8) is 0 Å². The summed E-state index contributed by atoms with van der Waals surface area (Å²) < 4.78 is 38.6. The van der Waals surface area contributed by atoms with Crippen LogP contribution >= 0.6 is 0 Å². The highest BCUT2D eigenvalue weighted by Gasteiger charge is 2.46. The van der Waals surface area contributed by atoms with Gasteiger partial charge in [-0.2, -0.15) is 13.2 Å². The highest BCUT2D eigenvalue weighted by molar-refractivity contribution is 6.09. The normalized spacial score (nSPS) is 27.6. The third-order valence-corrected chi connectivity index (χ3v) is 5.29. The van der Waals surface area contributed by atoms with Crippen molar-refractivity contribution in [3.05, 3.63) is 41.0 Å². The van der Waals surface area contributed by atoms with Crippen LogP contribution in [0.15, 0.2) is 35.4 Å². The van der Waals surface area contributed by atoms with Crippen molar-refractivity contribution in [1.29, 1.82) is 0 Å². The molecule has 1 aromatic carbocycles. The van der Waals surface area contributed by atoms with Gasteiger partial charge in [0.1, 0.15) is 0 Å². The second kappa shape index (κ2) is 4.61. The van der Waals surface area contributed by atoms with E-state index in [9.17, 15) is 18.0 Å². The topological polar surface area (TPSA) is 20.3 Å². The Morgan fingerprint density at radius 3 is 2.50 bits per heavy atom. The molecule has 2 bridgehead atoms. The molecule has 5 rings (SSSR count). The second-order valence-corrected chi connectivity index (χ2v) is 6.42. The molecule has 1 unspecified atom stereocenters. The summed E-state index contributed by atoms with van der Waals surface area (Å²) in [5.74, 6) is 0.663. The number of hydrogen-bond donors (Lipinski definition) is 0. The van der Waals surface area contributed by atoms with Crippen molar-refractivity contribution in [2.24, 2.45) is 11.8 Å². The number of benzene rings is 1. The summed E-state index contributed by atoms with van der Waals surface area (Å²) in [6.07, 6.45) is -0.176. The summed E-state index contributed by atoms with van der Waals surface area (Å²) in [6.45, 7) is 0.531. The van der Waals surface area contributed by atoms with E-state index in [2.05, 4.69) is 0 Å². The van der Waals surface area contributed by atoms with Crippen molar-refractivity contribution in [2.45, 2.75) is 31.9 Å². The molecule has 1 saturated heterocycles. The van der Waals surface area contributed by atoms with E-state index in [0.717, 1.165) is 43.4 Å². The molecule has 22 heavy (non-hydrogen) atoms. The van der Waals surface area contributed by atoms with Gasteiger partial charge in [0.25, 0.3) is 5.91 Å². The Balaban J connectivity index is 1.71. The Morgan fingerprint density at radius 2 is 1.86 bits per heavy atom. The van der Waals surface area contributed by atoms with Gasteiger partial charge in [-0.3, -0.25) is 4.79 Å². The van der Waals surface area contributed by atoms with Crippen LogP contribution in [0.5, 0.6) is 0 Å². The molecule has 116 valence electrons. The predicted octanol–water partition coefficient (Wildman–Crippen LogP) is 4.17. The van der Waals surface area contributed by atoms with Gasteiger partial charge in [-0.05, 0) is 49.8 Å². The van der Waals surface area contributed by atoms with Crippen LogP contribution in [0.2, 0.25) is 0 Å². The van der Waals surface area contributed by atoms with Crippen molar-refractivity contribution in [2.75, 3.05) is 11.4 Å². The van der Waals surface area contributed by atoms with E-state index in [1.54, 1.807) is 11.0 Å². The third-order valence-electron chi connectivity index (χ3n) is 5.29. The van der Waals surface area contributed by atoms with Crippen LogP contribution in [0.25, 0.3) is 0 Å². The van der Waals surface area contributed by atoms with Gasteiger partial charge >= 0.3 is 6.18 Å². The monoisotopic (exact) mass is 307 g/mol. The van der Waals surface area contributed by atoms with Gasteiger partial charge in [-0.25, -0.2) is 0 Å². The lowest BCUT2D eigenvalue weighted by molar-refractivity contribution is -0.137. The number of carbonyl (C=O) groups excluding carboxylic acids is 1. The molecule has 2 nitrogen and oxygen atoms in total. The van der Waals surface area contributed by atoms with Crippen molar-refractivity contribution in [3.8, 4) is 0 Å². The molecule has 1 saturated carbocycles. The molecule has 1 aliphatic heterocycles. The SMILES string of the molecule is O=C1C2=C3CCC(CC3)C2CN1c1cccc(C(F)(F)F)c1. The molecule has 0 spiro atoms. The first-order valence-electron chi connectivity index (χ1n) is 7.66. The van der Waals surface area contributed by atoms with Crippen molar-refractivity contribution < 1.29 is 18.0 Å². The van der Waals surface area contributed by atoms with Gasteiger partial charge in [0.05, 0.1) is 5.56 Å². The minimum Gasteiger partial charge on any atom is -0.308 e. The minimum atomic E-state index is -4.38. The number of anilines is 1. The maximum absolute atomic E-state index is 12.9. The molecular weight excluding hydrogens is 291 g/mol. The molecule has 0 N–H and O–H groups in total. The van der Waals surface area contributed by atoms with Gasteiger partial charge in [0.15, 0.2) is 0 Å². The number of halogens is 3. The summed E-state index contributed by atoms with van der Waals surface area (Å²) in [4.78, 5) is 14.2. The lowest BCUT2D eigenvalue weighted by Crippen LogP contribution is -2.28. The van der Waals surface area contributed by atoms with Crippen LogP contribution in [0.3, 0.4) is 0 Å². The predicted molar refractivity (Wildman–Crippen MR) is 76.3 cm³/mol. The molecule has 2 fully saturated rings. The second-order valence-electron chi connectivity index (χ2n) is 6.42. The number of hydrogen-bond acceptors (Lipinski definition) is 1. The summed E-state index contributed by atoms with van der Waals surface area (Å²) in [5.41, 5.74) is 1.81. The molecule has 5 heteroatoms. The highest BCUT2D eigenvalue weighted by Crippen LogP contribution is 2.49. The van der Waals surface area contributed by atoms with Gasteiger partial charge < -0.3 is 4.90 Å². The molecule has 0 radical (unpaired) electrons. The van der Waals surface area contributed by atoms with Crippen LogP contribution in [-0.4, -0.2) is 12.5 Å². The average Bonchev–Trinajstić information content (AvgIpc) is 2.88. The smallest absolute Gasteiger partial charge is 0.308 e. The number of fused-ring (bicyclic) bond motifs is 2. The first kappa shape index (κ1) is 13.9. The lowest BCUT2D eigenvalue weighted by Gasteiger charge is -2.36. The molecule has 0 aromatic heterocycles. The van der Waals surface area contributed by atoms with Crippen molar-refractivity contribution >= 4 is 11.6 Å². The molecule has 1 atom stereocenters. The quantitative estimate of drug-likeness (QED) is 0.762. The van der Waals surface area contributed by atoms with Crippen LogP contribution in [0.1, 0.15) is 31.2 Å². The Labute approximate surface area is 126 Å². The van der Waals surface area contributed by atoms with Crippen LogP contribution in [-0.2, 0) is 11.0 Å². The van der Waals surface area contributed by atoms with E-state index in [4.69, 9.17) is 0 Å². The van der Waals surface area contributed by atoms with Gasteiger partial charge in [-0.15, -0.1) is 0 Å². The molecule has 3 aliphatic carbocycles. The van der Waals surface area contributed by atoms with Crippen molar-refractivity contribution in [1.82, 2.24) is 0 Å². The van der Waals surface area contributed by atoms with Gasteiger partial charge in [0, 0.05) is 23.7 Å². The average molecular weight is 307 g/mol. The number of nitrogens with zero attached hydrogens (tertiary/aromatic N) is 1. The van der Waals surface area contributed by atoms with Crippen LogP contribution < -0.4 is 4.90 Å². The molecule has 1 aromatic rings. The van der Waals surface area contributed by atoms with Gasteiger partial charge in [-0.1, -0.05) is 11.6 Å². The van der Waals surface area contributed by atoms with Crippen LogP contribution in [0, 0.1) is 11.8 Å². The summed E-state index contributed by atoms with van der Waals surface area (Å²) >= 11 is 0. The highest BCUT2D eigenvalue weighted by atomic mass is 19.4. The first-order valence-corrected chi connectivity index (χ1v) is 7.66. The van der Waals surface area contributed by atoms with Gasteiger partial charge in [0.2, 0.25) is 0 Å². The largest absolute Gasteiger partial charge is 0.416 e. The van der Waals surface area contributed by atoms with E-state index < -0.39 is 11.7 Å². The van der Waals surface area contributed by atoms with E-state index in [0.29, 0.717) is 18.2 Å². The fraction of sp³-hybridized carbons (Fsp3) is 0.471. The zero-order chi connectivity index (χ0) is 15.5. The minimum absolute atomic E-state index is 0.0799. The van der Waals surface area contributed by atoms with E-state index in [1.807, 2.05) is 0 Å². The maximum Gasteiger partial charge on any atom is 0.416 e. The number of allylic oxidation sites excluding steroid dienone is 1.